The number of aromatic amines is 1. The van der Waals surface area contributed by atoms with Crippen molar-refractivity contribution in [2.75, 3.05) is 18.4 Å². The summed E-state index contributed by atoms with van der Waals surface area (Å²) in [6.45, 7) is -0.532. The second kappa shape index (κ2) is 8.81. The van der Waals surface area contributed by atoms with Crippen LogP contribution >= 0.6 is 0 Å². The molecular formula is C19H19F4N7O2. The molecule has 0 bridgehead atoms. The summed E-state index contributed by atoms with van der Waals surface area (Å²) in [4.78, 5) is 28.8. The SMILES string of the molecule is CC(F)(F)C(=O)N1CCC(CC#N)(NC(=O)c2cn[nH]c2Nc2ccc(F)nc2)C(F)C1. The zero-order valence-electron chi connectivity index (χ0n) is 16.8. The zero-order chi connectivity index (χ0) is 23.5. The van der Waals surface area contributed by atoms with E-state index >= 15 is 4.39 Å². The van der Waals surface area contributed by atoms with Crippen LogP contribution in [0.3, 0.4) is 0 Å². The van der Waals surface area contributed by atoms with Crippen LogP contribution in [-0.4, -0.2) is 62.6 Å². The van der Waals surface area contributed by atoms with Gasteiger partial charge in [-0.15, -0.1) is 0 Å². The molecule has 3 N–H and O–H groups in total. The highest BCUT2D eigenvalue weighted by atomic mass is 19.3. The summed E-state index contributed by atoms with van der Waals surface area (Å²) in [6.07, 6.45) is -0.290. The van der Waals surface area contributed by atoms with Gasteiger partial charge in [-0.3, -0.25) is 14.7 Å². The number of carbonyl (C=O) groups is 2. The minimum atomic E-state index is -3.66. The van der Waals surface area contributed by atoms with E-state index in [-0.39, 0.29) is 24.3 Å². The molecule has 3 rings (SSSR count). The van der Waals surface area contributed by atoms with Crippen LogP contribution in [0.25, 0.3) is 0 Å². The van der Waals surface area contributed by atoms with Crippen LogP contribution in [0, 0.1) is 17.3 Å². The number of anilines is 2. The Morgan fingerprint density at radius 2 is 2.16 bits per heavy atom. The molecule has 0 saturated carbocycles. The largest absolute Gasteiger partial charge is 0.342 e. The first-order valence-corrected chi connectivity index (χ1v) is 9.48. The number of nitrogens with zero attached hydrogens (tertiary/aromatic N) is 4. The van der Waals surface area contributed by atoms with Crippen LogP contribution in [0.2, 0.25) is 0 Å². The number of halogens is 4. The van der Waals surface area contributed by atoms with E-state index in [1.54, 1.807) is 6.07 Å². The van der Waals surface area contributed by atoms with Crippen LogP contribution < -0.4 is 10.6 Å². The lowest BCUT2D eigenvalue weighted by atomic mass is 9.82. The normalized spacial score (nSPS) is 21.0. The van der Waals surface area contributed by atoms with E-state index in [4.69, 9.17) is 0 Å². The number of rotatable bonds is 6. The van der Waals surface area contributed by atoms with Gasteiger partial charge in [-0.1, -0.05) is 0 Å². The Morgan fingerprint density at radius 1 is 1.41 bits per heavy atom. The lowest BCUT2D eigenvalue weighted by Crippen LogP contribution is -2.64. The lowest BCUT2D eigenvalue weighted by Gasteiger charge is -2.44. The monoisotopic (exact) mass is 453 g/mol. The number of nitrogens with one attached hydrogen (secondary N) is 3. The molecule has 1 saturated heterocycles. The average Bonchev–Trinajstić information content (AvgIpc) is 3.19. The predicted molar refractivity (Wildman–Crippen MR) is 103 cm³/mol. The molecule has 9 nitrogen and oxygen atoms in total. The molecule has 0 aromatic carbocycles. The quantitative estimate of drug-likeness (QED) is 0.455. The van der Waals surface area contributed by atoms with Gasteiger partial charge in [0, 0.05) is 13.5 Å². The highest BCUT2D eigenvalue weighted by molar-refractivity contribution is 5.99. The van der Waals surface area contributed by atoms with Gasteiger partial charge in [0.1, 0.15) is 17.6 Å². The van der Waals surface area contributed by atoms with Gasteiger partial charge in [0.05, 0.1) is 42.7 Å². The van der Waals surface area contributed by atoms with Crippen molar-refractivity contribution in [1.82, 2.24) is 25.4 Å². The molecule has 13 heteroatoms. The first kappa shape index (κ1) is 23.0. The zero-order valence-corrected chi connectivity index (χ0v) is 16.8. The Labute approximate surface area is 179 Å². The number of likely N-dealkylation sites (tertiary alicyclic amines) is 1. The molecule has 1 fully saturated rings. The fourth-order valence-corrected chi connectivity index (χ4v) is 3.38. The summed E-state index contributed by atoms with van der Waals surface area (Å²) >= 11 is 0. The first-order chi connectivity index (χ1) is 15.1. The van der Waals surface area contributed by atoms with Crippen molar-refractivity contribution in [3.8, 4) is 6.07 Å². The number of aromatic nitrogens is 3. The van der Waals surface area contributed by atoms with Gasteiger partial charge in [-0.2, -0.15) is 23.5 Å². The molecule has 3 heterocycles. The van der Waals surface area contributed by atoms with Gasteiger partial charge in [-0.25, -0.2) is 9.37 Å². The summed E-state index contributed by atoms with van der Waals surface area (Å²) in [7, 11) is 0. The molecule has 2 amide bonds. The number of amides is 2. The van der Waals surface area contributed by atoms with E-state index in [0.29, 0.717) is 17.5 Å². The number of pyridine rings is 1. The fourth-order valence-electron chi connectivity index (χ4n) is 3.38. The molecule has 2 atom stereocenters. The van der Waals surface area contributed by atoms with E-state index in [2.05, 4.69) is 25.8 Å². The number of nitriles is 1. The standard InChI is InChI=1S/C19H19F4N7O2/c1-18(22,23)17(32)30-7-5-19(4-6-24,13(20)10-30)28-16(31)12-9-26-29-15(12)27-11-2-3-14(21)25-8-11/h2-3,8-9,13H,4-5,7,10H2,1H3,(H,28,31)(H2,26,27,29). The Kier molecular flexibility index (Phi) is 6.33. The minimum Gasteiger partial charge on any atom is -0.342 e. The van der Waals surface area contributed by atoms with Crippen molar-refractivity contribution in [3.63, 3.8) is 0 Å². The highest BCUT2D eigenvalue weighted by Crippen LogP contribution is 2.31. The van der Waals surface area contributed by atoms with Crippen molar-refractivity contribution in [2.45, 2.75) is 37.4 Å². The minimum absolute atomic E-state index is 0.0302. The Morgan fingerprint density at radius 3 is 2.75 bits per heavy atom. The number of hydrogen-bond donors (Lipinski definition) is 3. The van der Waals surface area contributed by atoms with Crippen LogP contribution in [-0.2, 0) is 4.79 Å². The van der Waals surface area contributed by atoms with Gasteiger partial charge in [0.25, 0.3) is 11.8 Å². The molecule has 0 radical (unpaired) electrons. The van der Waals surface area contributed by atoms with Gasteiger partial charge in [-0.05, 0) is 18.6 Å². The highest BCUT2D eigenvalue weighted by Gasteiger charge is 2.49. The summed E-state index contributed by atoms with van der Waals surface area (Å²) in [5, 5.41) is 20.8. The Bertz CT molecular complexity index is 1030. The molecule has 170 valence electrons. The second-order valence-electron chi connectivity index (χ2n) is 7.46. The molecule has 1 aliphatic heterocycles. The first-order valence-electron chi connectivity index (χ1n) is 9.48. The molecule has 2 aromatic heterocycles. The van der Waals surface area contributed by atoms with Crippen molar-refractivity contribution in [1.29, 1.82) is 5.26 Å². The average molecular weight is 453 g/mol. The van der Waals surface area contributed by atoms with E-state index in [0.717, 1.165) is 12.3 Å². The van der Waals surface area contributed by atoms with Crippen molar-refractivity contribution in [2.24, 2.45) is 0 Å². The van der Waals surface area contributed by atoms with Crippen LogP contribution in [0.15, 0.2) is 24.5 Å². The predicted octanol–water partition coefficient (Wildman–Crippen LogP) is 2.30. The van der Waals surface area contributed by atoms with E-state index in [1.165, 1.54) is 12.3 Å². The summed E-state index contributed by atoms with van der Waals surface area (Å²) < 4.78 is 54.7. The molecule has 0 aliphatic carbocycles. The third kappa shape index (κ3) is 4.79. The molecular weight excluding hydrogens is 434 g/mol. The summed E-state index contributed by atoms with van der Waals surface area (Å²) in [5.74, 6) is -6.56. The maximum absolute atomic E-state index is 15.1. The Balaban J connectivity index is 1.77. The number of hydrogen-bond acceptors (Lipinski definition) is 6. The summed E-state index contributed by atoms with van der Waals surface area (Å²) in [6, 6.07) is 4.28. The van der Waals surface area contributed by atoms with Crippen molar-refractivity contribution in [3.05, 3.63) is 36.0 Å². The van der Waals surface area contributed by atoms with Crippen molar-refractivity contribution < 1.29 is 27.2 Å². The molecule has 1 aliphatic rings. The Hall–Kier alpha value is -3.69. The van der Waals surface area contributed by atoms with Crippen LogP contribution in [0.4, 0.5) is 29.1 Å². The molecule has 2 aromatic rings. The van der Waals surface area contributed by atoms with Crippen LogP contribution in [0.1, 0.15) is 30.1 Å². The lowest BCUT2D eigenvalue weighted by molar-refractivity contribution is -0.158. The maximum Gasteiger partial charge on any atom is 0.322 e. The van der Waals surface area contributed by atoms with Crippen LogP contribution in [0.5, 0.6) is 0 Å². The van der Waals surface area contributed by atoms with E-state index in [9.17, 15) is 28.0 Å². The van der Waals surface area contributed by atoms with Gasteiger partial charge < -0.3 is 15.5 Å². The van der Waals surface area contributed by atoms with Crippen molar-refractivity contribution >= 4 is 23.3 Å². The van der Waals surface area contributed by atoms with Gasteiger partial charge in [0.2, 0.25) is 5.95 Å². The fraction of sp³-hybridized carbons (Fsp3) is 0.421. The third-order valence-electron chi connectivity index (χ3n) is 5.11. The maximum atomic E-state index is 15.1. The molecule has 2 unspecified atom stereocenters. The van der Waals surface area contributed by atoms with E-state index < -0.39 is 48.4 Å². The topological polar surface area (TPSA) is 127 Å². The summed E-state index contributed by atoms with van der Waals surface area (Å²) in [5.41, 5.74) is -1.37. The molecule has 32 heavy (non-hydrogen) atoms. The number of piperidine rings is 1. The van der Waals surface area contributed by atoms with Gasteiger partial charge >= 0.3 is 5.92 Å². The molecule has 0 spiro atoms. The number of carbonyl (C=O) groups excluding carboxylic acids is 2. The van der Waals surface area contributed by atoms with E-state index in [1.807, 2.05) is 0 Å². The number of H-pyrrole nitrogens is 1. The second-order valence-corrected chi connectivity index (χ2v) is 7.46. The van der Waals surface area contributed by atoms with Gasteiger partial charge in [0.15, 0.2) is 0 Å². The third-order valence-corrected chi connectivity index (χ3v) is 5.11. The smallest absolute Gasteiger partial charge is 0.322 e. The number of alkyl halides is 3.